The minimum Gasteiger partial charge on any atom is -0.393 e. The third kappa shape index (κ3) is 4.44. The quantitative estimate of drug-likeness (QED) is 0.818. The summed E-state index contributed by atoms with van der Waals surface area (Å²) in [5, 5.41) is 15.0. The molecule has 1 saturated carbocycles. The van der Waals surface area contributed by atoms with E-state index in [0.29, 0.717) is 5.92 Å². The molecule has 0 spiro atoms. The summed E-state index contributed by atoms with van der Waals surface area (Å²) in [6.45, 7) is 8.99. The van der Waals surface area contributed by atoms with Crippen molar-refractivity contribution in [1.82, 2.24) is 5.32 Å². The SMILES string of the molecule is C[Si](C)(C)c1ccc(CNCC2CCCCC2O)cc1. The molecule has 0 aromatic heterocycles. The lowest BCUT2D eigenvalue weighted by Crippen LogP contribution is -2.37. The molecule has 1 fully saturated rings. The van der Waals surface area contributed by atoms with Crippen molar-refractivity contribution in [2.24, 2.45) is 5.92 Å². The Labute approximate surface area is 124 Å². The molecule has 0 radical (unpaired) electrons. The van der Waals surface area contributed by atoms with Crippen LogP contribution in [0.25, 0.3) is 0 Å². The molecular formula is C17H29NOSi. The van der Waals surface area contributed by atoms with Crippen LogP contribution in [0.5, 0.6) is 0 Å². The van der Waals surface area contributed by atoms with Crippen LogP contribution in [-0.4, -0.2) is 25.8 Å². The molecule has 0 heterocycles. The van der Waals surface area contributed by atoms with Gasteiger partial charge in [-0.3, -0.25) is 0 Å². The maximum atomic E-state index is 9.96. The molecule has 0 bridgehead atoms. The van der Waals surface area contributed by atoms with E-state index in [0.717, 1.165) is 19.5 Å². The largest absolute Gasteiger partial charge is 0.393 e. The highest BCUT2D eigenvalue weighted by molar-refractivity contribution is 6.88. The minimum atomic E-state index is -1.18. The average molecular weight is 292 g/mol. The molecule has 1 aromatic carbocycles. The molecule has 3 heteroatoms. The molecule has 0 aliphatic heterocycles. The molecule has 2 atom stereocenters. The Morgan fingerprint density at radius 1 is 1.10 bits per heavy atom. The van der Waals surface area contributed by atoms with Crippen molar-refractivity contribution in [3.8, 4) is 0 Å². The Kier molecular flexibility index (Phi) is 5.41. The van der Waals surface area contributed by atoms with E-state index >= 15 is 0 Å². The van der Waals surface area contributed by atoms with Gasteiger partial charge in [0.25, 0.3) is 0 Å². The second kappa shape index (κ2) is 6.88. The monoisotopic (exact) mass is 291 g/mol. The second-order valence-corrected chi connectivity index (χ2v) is 12.3. The van der Waals surface area contributed by atoms with Gasteiger partial charge in [0.05, 0.1) is 14.2 Å². The summed E-state index contributed by atoms with van der Waals surface area (Å²) in [5.74, 6) is 0.449. The highest BCUT2D eigenvalue weighted by Crippen LogP contribution is 2.23. The van der Waals surface area contributed by atoms with Crippen LogP contribution in [0.1, 0.15) is 31.2 Å². The van der Waals surface area contributed by atoms with Crippen LogP contribution >= 0.6 is 0 Å². The fourth-order valence-electron chi connectivity index (χ4n) is 2.95. The van der Waals surface area contributed by atoms with Gasteiger partial charge in [0.1, 0.15) is 0 Å². The van der Waals surface area contributed by atoms with E-state index in [2.05, 4.69) is 49.2 Å². The van der Waals surface area contributed by atoms with Crippen LogP contribution in [0.2, 0.25) is 19.6 Å². The first-order chi connectivity index (χ1) is 9.47. The molecule has 2 rings (SSSR count). The number of aliphatic hydroxyl groups excluding tert-OH is 1. The maximum absolute atomic E-state index is 9.96. The number of rotatable bonds is 5. The standard InChI is InChI=1S/C17H29NOSi/c1-20(2,3)16-10-8-14(9-11-16)12-18-13-15-6-4-5-7-17(15)19/h8-11,15,17-19H,4-7,12-13H2,1-3H3. The topological polar surface area (TPSA) is 32.3 Å². The lowest BCUT2D eigenvalue weighted by Gasteiger charge is -2.27. The molecule has 20 heavy (non-hydrogen) atoms. The molecular weight excluding hydrogens is 262 g/mol. The second-order valence-electron chi connectivity index (χ2n) is 7.19. The van der Waals surface area contributed by atoms with Crippen molar-refractivity contribution >= 4 is 13.3 Å². The molecule has 1 aliphatic rings. The molecule has 2 nitrogen and oxygen atoms in total. The van der Waals surface area contributed by atoms with E-state index in [9.17, 15) is 5.11 Å². The molecule has 1 aromatic rings. The summed E-state index contributed by atoms with van der Waals surface area (Å²) in [7, 11) is -1.18. The third-order valence-corrected chi connectivity index (χ3v) is 6.49. The Balaban J connectivity index is 1.79. The van der Waals surface area contributed by atoms with Crippen LogP contribution in [-0.2, 0) is 6.54 Å². The van der Waals surface area contributed by atoms with Crippen LogP contribution in [0.15, 0.2) is 24.3 Å². The summed E-state index contributed by atoms with van der Waals surface area (Å²) in [5.41, 5.74) is 1.34. The fraction of sp³-hybridized carbons (Fsp3) is 0.647. The molecule has 1 aliphatic carbocycles. The predicted molar refractivity (Wildman–Crippen MR) is 89.1 cm³/mol. The van der Waals surface area contributed by atoms with E-state index in [-0.39, 0.29) is 6.10 Å². The first-order valence-corrected chi connectivity index (χ1v) is 11.4. The van der Waals surface area contributed by atoms with Gasteiger partial charge in [-0.1, -0.05) is 61.9 Å². The molecule has 0 amide bonds. The third-order valence-electron chi connectivity index (χ3n) is 4.42. The summed E-state index contributed by atoms with van der Waals surface area (Å²) in [6.07, 6.45) is 4.52. The first-order valence-electron chi connectivity index (χ1n) is 7.95. The Morgan fingerprint density at radius 2 is 1.75 bits per heavy atom. The Morgan fingerprint density at radius 3 is 2.35 bits per heavy atom. The molecule has 112 valence electrons. The van der Waals surface area contributed by atoms with Crippen LogP contribution in [0.3, 0.4) is 0 Å². The lowest BCUT2D eigenvalue weighted by atomic mass is 9.86. The highest BCUT2D eigenvalue weighted by atomic mass is 28.3. The predicted octanol–water partition coefficient (Wildman–Crippen LogP) is 2.87. The van der Waals surface area contributed by atoms with Crippen LogP contribution in [0, 0.1) is 5.92 Å². The fourth-order valence-corrected chi connectivity index (χ4v) is 4.12. The molecule has 0 saturated heterocycles. The normalized spacial score (nSPS) is 23.8. The summed E-state index contributed by atoms with van der Waals surface area (Å²) >= 11 is 0. The van der Waals surface area contributed by atoms with Gasteiger partial charge in [0.2, 0.25) is 0 Å². The summed E-state index contributed by atoms with van der Waals surface area (Å²) < 4.78 is 0. The number of aliphatic hydroxyl groups is 1. The zero-order valence-electron chi connectivity index (χ0n) is 13.2. The van der Waals surface area contributed by atoms with Crippen molar-refractivity contribution in [2.45, 2.75) is 58.0 Å². The maximum Gasteiger partial charge on any atom is 0.0775 e. The smallest absolute Gasteiger partial charge is 0.0775 e. The highest BCUT2D eigenvalue weighted by Gasteiger charge is 2.22. The van der Waals surface area contributed by atoms with Gasteiger partial charge in [-0.2, -0.15) is 0 Å². The zero-order chi connectivity index (χ0) is 14.6. The summed E-state index contributed by atoms with van der Waals surface area (Å²) in [4.78, 5) is 0. The number of hydrogen-bond acceptors (Lipinski definition) is 2. The Hall–Kier alpha value is -0.643. The molecule has 2 N–H and O–H groups in total. The van der Waals surface area contributed by atoms with E-state index in [1.54, 1.807) is 0 Å². The van der Waals surface area contributed by atoms with Crippen molar-refractivity contribution in [3.63, 3.8) is 0 Å². The van der Waals surface area contributed by atoms with Crippen molar-refractivity contribution in [2.75, 3.05) is 6.54 Å². The Bertz CT molecular complexity index is 410. The lowest BCUT2D eigenvalue weighted by molar-refractivity contribution is 0.0695. The van der Waals surface area contributed by atoms with Gasteiger partial charge >= 0.3 is 0 Å². The average Bonchev–Trinajstić information content (AvgIpc) is 2.40. The van der Waals surface area contributed by atoms with Crippen molar-refractivity contribution in [3.05, 3.63) is 29.8 Å². The van der Waals surface area contributed by atoms with Gasteiger partial charge in [-0.15, -0.1) is 0 Å². The number of benzene rings is 1. The first kappa shape index (κ1) is 15.7. The molecule has 2 unspecified atom stereocenters. The van der Waals surface area contributed by atoms with Crippen LogP contribution in [0.4, 0.5) is 0 Å². The minimum absolute atomic E-state index is 0.0921. The zero-order valence-corrected chi connectivity index (χ0v) is 14.2. The van der Waals surface area contributed by atoms with E-state index in [1.807, 2.05) is 0 Å². The van der Waals surface area contributed by atoms with E-state index in [1.165, 1.54) is 30.0 Å². The number of nitrogens with one attached hydrogen (secondary N) is 1. The van der Waals surface area contributed by atoms with Gasteiger partial charge < -0.3 is 10.4 Å². The number of hydrogen-bond donors (Lipinski definition) is 2. The summed E-state index contributed by atoms with van der Waals surface area (Å²) in [6, 6.07) is 9.08. The van der Waals surface area contributed by atoms with Crippen molar-refractivity contribution in [1.29, 1.82) is 0 Å². The van der Waals surface area contributed by atoms with Crippen molar-refractivity contribution < 1.29 is 5.11 Å². The van der Waals surface area contributed by atoms with Gasteiger partial charge in [-0.25, -0.2) is 0 Å². The van der Waals surface area contributed by atoms with E-state index < -0.39 is 8.07 Å². The van der Waals surface area contributed by atoms with Gasteiger partial charge in [0.15, 0.2) is 0 Å². The van der Waals surface area contributed by atoms with Gasteiger partial charge in [-0.05, 0) is 24.3 Å². The van der Waals surface area contributed by atoms with Gasteiger partial charge in [0, 0.05) is 13.1 Å². The van der Waals surface area contributed by atoms with E-state index in [4.69, 9.17) is 0 Å². The van der Waals surface area contributed by atoms with Crippen LogP contribution < -0.4 is 10.5 Å².